The van der Waals surface area contributed by atoms with Gasteiger partial charge in [-0.3, -0.25) is 0 Å². The standard InChI is InChI=1S/C20H16.2C7H8O2.Zr/c1-2-6-18-12-15(11-17(18)5-1)9-10-16-13-19-7-3-4-8-20(19)14-16;2*1-9-7-4-2-6(8)3-5-7;/h1-8,11-14H,9-10H2;2*2-5,8H,1H3;/q;;;+2/p-2. The zero-order valence-electron chi connectivity index (χ0n) is 22.1. The first-order chi connectivity index (χ1) is 19.1. The maximum Gasteiger partial charge on any atom is 0.118 e. The van der Waals surface area contributed by atoms with Crippen LogP contribution in [0.3, 0.4) is 0 Å². The fraction of sp³-hybridized carbons (Fsp3) is 0.176. The summed E-state index contributed by atoms with van der Waals surface area (Å²) in [6, 6.07) is 30.6. The largest absolute Gasteiger partial charge is 0.872 e. The molecule has 39 heavy (non-hydrogen) atoms. The molecule has 1 heterocycles. The quantitative estimate of drug-likeness (QED) is 0.260. The van der Waals surface area contributed by atoms with E-state index in [1.165, 1.54) is 48.2 Å². The van der Waals surface area contributed by atoms with Crippen molar-refractivity contribution in [2.75, 3.05) is 14.2 Å². The summed E-state index contributed by atoms with van der Waals surface area (Å²) in [6.07, 6.45) is 7.54. The van der Waals surface area contributed by atoms with Crippen LogP contribution in [0.1, 0.15) is 42.3 Å². The third kappa shape index (κ3) is 6.37. The number of rotatable bonds is 2. The average molecular weight is 594 g/mol. The van der Waals surface area contributed by atoms with E-state index in [0.29, 0.717) is 0 Å². The molecule has 0 bridgehead atoms. The number of benzene rings is 4. The summed E-state index contributed by atoms with van der Waals surface area (Å²) in [5, 5.41) is 21.0. The molecule has 2 atom stereocenters. The number of methoxy groups -OCH3 is 2. The number of hydrogen-bond acceptors (Lipinski definition) is 4. The van der Waals surface area contributed by atoms with Crippen LogP contribution in [0.4, 0.5) is 0 Å². The van der Waals surface area contributed by atoms with E-state index in [1.54, 1.807) is 60.8 Å². The Morgan fingerprint density at radius 1 is 0.564 bits per heavy atom. The number of allylic oxidation sites excluding steroid dienone is 2. The van der Waals surface area contributed by atoms with Gasteiger partial charge in [0.15, 0.2) is 0 Å². The van der Waals surface area contributed by atoms with Gasteiger partial charge < -0.3 is 19.7 Å². The molecule has 0 radical (unpaired) electrons. The summed E-state index contributed by atoms with van der Waals surface area (Å²) in [5.74, 6) is 1.45. The van der Waals surface area contributed by atoms with Crippen LogP contribution in [0.15, 0.2) is 108 Å². The van der Waals surface area contributed by atoms with Crippen molar-refractivity contribution in [3.63, 3.8) is 0 Å². The van der Waals surface area contributed by atoms with Crippen LogP contribution in [0, 0.1) is 0 Å². The van der Waals surface area contributed by atoms with Crippen molar-refractivity contribution in [3.8, 4) is 23.0 Å². The van der Waals surface area contributed by atoms with Gasteiger partial charge in [0.05, 0.1) is 14.2 Å². The SMILES string of the molecule is C1=C2CCC3=Cc4ccccc4[CH]3[Zr+2][CH]2c2ccccc21.COc1ccc([O-])cc1.COc1ccc([O-])cc1. The van der Waals surface area contributed by atoms with Gasteiger partial charge in [0.1, 0.15) is 11.5 Å². The Morgan fingerprint density at radius 3 is 1.33 bits per heavy atom. The van der Waals surface area contributed by atoms with Gasteiger partial charge in [-0.25, -0.2) is 0 Å². The smallest absolute Gasteiger partial charge is 0.118 e. The molecule has 1 fully saturated rings. The van der Waals surface area contributed by atoms with E-state index in [-0.39, 0.29) is 11.5 Å². The maximum atomic E-state index is 10.5. The van der Waals surface area contributed by atoms with Gasteiger partial charge >= 0.3 is 137 Å². The first-order valence-corrected chi connectivity index (χ1v) is 15.9. The third-order valence-electron chi connectivity index (χ3n) is 7.19. The molecule has 0 spiro atoms. The van der Waals surface area contributed by atoms with E-state index in [1.807, 2.05) is 0 Å². The molecule has 1 aliphatic heterocycles. The molecular formula is C34H30O4Zr. The summed E-state index contributed by atoms with van der Waals surface area (Å²) < 4.78 is 11.3. The topological polar surface area (TPSA) is 64.6 Å². The predicted molar refractivity (Wildman–Crippen MR) is 148 cm³/mol. The Labute approximate surface area is 241 Å². The molecule has 0 N–H and O–H groups in total. The van der Waals surface area contributed by atoms with Crippen molar-refractivity contribution in [1.29, 1.82) is 0 Å². The van der Waals surface area contributed by atoms with Gasteiger partial charge in [-0.2, -0.15) is 0 Å². The predicted octanol–water partition coefficient (Wildman–Crippen LogP) is 6.68. The van der Waals surface area contributed by atoms with Crippen molar-refractivity contribution in [2.24, 2.45) is 0 Å². The Bertz CT molecular complexity index is 1360. The van der Waals surface area contributed by atoms with Crippen LogP contribution < -0.4 is 19.7 Å². The average Bonchev–Trinajstić information content (AvgIpc) is 3.46. The van der Waals surface area contributed by atoms with Gasteiger partial charge in [-0.05, 0) is 24.3 Å². The van der Waals surface area contributed by atoms with Gasteiger partial charge in [-0.15, -0.1) is 11.5 Å². The molecule has 5 heteroatoms. The maximum absolute atomic E-state index is 10.5. The summed E-state index contributed by atoms with van der Waals surface area (Å²) in [6.45, 7) is 0. The summed E-state index contributed by atoms with van der Waals surface area (Å²) in [4.78, 5) is 0. The normalized spacial score (nSPS) is 17.3. The number of ether oxygens (including phenoxy) is 2. The minimum Gasteiger partial charge on any atom is -0.872 e. The summed E-state index contributed by atoms with van der Waals surface area (Å²) in [7, 11) is 3.14. The van der Waals surface area contributed by atoms with E-state index in [2.05, 4.69) is 60.7 Å². The molecule has 4 aromatic rings. The zero-order valence-corrected chi connectivity index (χ0v) is 24.6. The fourth-order valence-corrected chi connectivity index (χ4v) is 10.4. The van der Waals surface area contributed by atoms with Crippen LogP contribution in [-0.4, -0.2) is 14.2 Å². The minimum atomic E-state index is -0.553. The van der Waals surface area contributed by atoms with E-state index in [0.717, 1.165) is 18.8 Å². The molecular weight excluding hydrogens is 564 g/mol. The first kappa shape index (κ1) is 27.0. The van der Waals surface area contributed by atoms with Crippen molar-refractivity contribution in [2.45, 2.75) is 20.1 Å². The van der Waals surface area contributed by atoms with Gasteiger partial charge in [0, 0.05) is 0 Å². The van der Waals surface area contributed by atoms with Gasteiger partial charge in [-0.1, -0.05) is 24.3 Å². The molecule has 2 aliphatic carbocycles. The molecule has 3 aliphatic rings. The van der Waals surface area contributed by atoms with Crippen molar-refractivity contribution < 1.29 is 42.9 Å². The second kappa shape index (κ2) is 12.5. The number of fused-ring (bicyclic) bond motifs is 6. The minimum absolute atomic E-state index is 0.0100. The summed E-state index contributed by atoms with van der Waals surface area (Å²) in [5.41, 5.74) is 9.72. The zero-order chi connectivity index (χ0) is 27.2. The Morgan fingerprint density at radius 2 is 0.949 bits per heavy atom. The fourth-order valence-electron chi connectivity index (χ4n) is 5.21. The molecule has 1 saturated heterocycles. The van der Waals surface area contributed by atoms with E-state index in [9.17, 15) is 10.2 Å². The number of hydrogen-bond donors (Lipinski definition) is 0. The second-order valence-electron chi connectivity index (χ2n) is 9.58. The Balaban J connectivity index is 0.000000143. The Kier molecular flexibility index (Phi) is 8.68. The molecule has 0 aromatic heterocycles. The molecule has 0 saturated carbocycles. The molecule has 194 valence electrons. The monoisotopic (exact) mass is 592 g/mol. The van der Waals surface area contributed by atoms with E-state index in [4.69, 9.17) is 9.47 Å². The Hall–Kier alpha value is -3.56. The summed E-state index contributed by atoms with van der Waals surface area (Å²) >= 11 is -0.553. The molecule has 0 amide bonds. The first-order valence-electron chi connectivity index (χ1n) is 13.0. The van der Waals surface area contributed by atoms with Crippen LogP contribution >= 0.6 is 0 Å². The van der Waals surface area contributed by atoms with Crippen molar-refractivity contribution in [3.05, 3.63) is 130 Å². The van der Waals surface area contributed by atoms with Crippen LogP contribution in [0.5, 0.6) is 23.0 Å². The van der Waals surface area contributed by atoms with Crippen molar-refractivity contribution >= 4 is 12.2 Å². The van der Waals surface area contributed by atoms with Gasteiger partial charge in [0.2, 0.25) is 0 Å². The molecule has 4 aromatic carbocycles. The molecule has 7 rings (SSSR count). The van der Waals surface area contributed by atoms with Crippen LogP contribution in [0.25, 0.3) is 12.2 Å². The van der Waals surface area contributed by atoms with Crippen LogP contribution in [-0.2, 0) is 23.2 Å². The molecule has 4 nitrogen and oxygen atoms in total. The third-order valence-corrected chi connectivity index (χ3v) is 12.2. The van der Waals surface area contributed by atoms with E-state index < -0.39 is 23.2 Å². The van der Waals surface area contributed by atoms with Crippen LogP contribution in [0.2, 0.25) is 0 Å². The molecule has 2 unspecified atom stereocenters. The second-order valence-corrected chi connectivity index (χ2v) is 13.2. The van der Waals surface area contributed by atoms with E-state index >= 15 is 0 Å². The van der Waals surface area contributed by atoms with Crippen molar-refractivity contribution in [1.82, 2.24) is 0 Å². The van der Waals surface area contributed by atoms with Gasteiger partial charge in [0.25, 0.3) is 0 Å².